The zero-order valence-electron chi connectivity index (χ0n) is 12.5. The fourth-order valence-electron chi connectivity index (χ4n) is 2.82. The molecule has 2 heterocycles. The molecule has 8 heteroatoms. The molecule has 3 rings (SSSR count). The normalized spacial score (nSPS) is 22.7. The molecule has 6 nitrogen and oxygen atoms in total. The molecule has 1 aromatic carbocycles. The zero-order valence-corrected chi connectivity index (χ0v) is 14.2. The molecule has 0 bridgehead atoms. The van der Waals surface area contributed by atoms with E-state index < -0.39 is 9.84 Å². The van der Waals surface area contributed by atoms with Gasteiger partial charge in [-0.15, -0.1) is 11.8 Å². The van der Waals surface area contributed by atoms with E-state index in [1.54, 1.807) is 4.90 Å². The largest absolute Gasteiger partial charge is 0.352 e. The summed E-state index contributed by atoms with van der Waals surface area (Å²) < 4.78 is 22.8. The Morgan fingerprint density at radius 1 is 1.35 bits per heavy atom. The molecular formula is C15H18N2O4S2. The number of rotatable bonds is 4. The summed E-state index contributed by atoms with van der Waals surface area (Å²) in [4.78, 5) is 26.8. The van der Waals surface area contributed by atoms with Gasteiger partial charge >= 0.3 is 0 Å². The maximum atomic E-state index is 12.1. The van der Waals surface area contributed by atoms with Gasteiger partial charge in [0.1, 0.15) is 0 Å². The van der Waals surface area contributed by atoms with E-state index in [2.05, 4.69) is 5.32 Å². The number of amides is 2. The third kappa shape index (κ3) is 3.87. The fourth-order valence-corrected chi connectivity index (χ4v) is 5.43. The summed E-state index contributed by atoms with van der Waals surface area (Å²) in [5.41, 5.74) is 0.838. The van der Waals surface area contributed by atoms with Crippen LogP contribution < -0.4 is 10.2 Å². The lowest BCUT2D eigenvalue weighted by molar-refractivity contribution is -0.121. The minimum atomic E-state index is -3.01. The summed E-state index contributed by atoms with van der Waals surface area (Å²) in [6.45, 7) is 0.307. The summed E-state index contributed by atoms with van der Waals surface area (Å²) in [5.74, 6) is 0.300. The van der Waals surface area contributed by atoms with Crippen LogP contribution in [-0.2, 0) is 19.4 Å². The number of benzene rings is 1. The number of carbonyl (C=O) groups is 2. The van der Waals surface area contributed by atoms with Gasteiger partial charge in [0.2, 0.25) is 11.8 Å². The second kappa shape index (κ2) is 6.52. The Morgan fingerprint density at radius 3 is 2.87 bits per heavy atom. The second-order valence-electron chi connectivity index (χ2n) is 5.72. The Hall–Kier alpha value is -1.54. The van der Waals surface area contributed by atoms with E-state index >= 15 is 0 Å². The van der Waals surface area contributed by atoms with Crippen LogP contribution in [0.5, 0.6) is 0 Å². The number of para-hydroxylation sites is 1. The van der Waals surface area contributed by atoms with E-state index in [-0.39, 0.29) is 35.8 Å². The highest BCUT2D eigenvalue weighted by Gasteiger charge is 2.29. The SMILES string of the molecule is O=C(CCN1C(=O)CSc2ccccc21)N[C@H]1CCS(=O)(=O)C1. The monoisotopic (exact) mass is 354 g/mol. The smallest absolute Gasteiger partial charge is 0.237 e. The molecule has 0 spiro atoms. The minimum absolute atomic E-state index is 0.00931. The number of hydrogen-bond acceptors (Lipinski definition) is 5. The van der Waals surface area contributed by atoms with Gasteiger partial charge in [-0.3, -0.25) is 9.59 Å². The van der Waals surface area contributed by atoms with Gasteiger partial charge in [0, 0.05) is 23.9 Å². The van der Waals surface area contributed by atoms with Gasteiger partial charge in [-0.05, 0) is 18.6 Å². The lowest BCUT2D eigenvalue weighted by atomic mass is 10.2. The van der Waals surface area contributed by atoms with Crippen molar-refractivity contribution in [2.24, 2.45) is 0 Å². The molecule has 23 heavy (non-hydrogen) atoms. The topological polar surface area (TPSA) is 83.6 Å². The molecule has 1 aromatic rings. The van der Waals surface area contributed by atoms with Crippen LogP contribution in [0.25, 0.3) is 0 Å². The Balaban J connectivity index is 1.58. The Kier molecular flexibility index (Phi) is 4.63. The summed E-state index contributed by atoms with van der Waals surface area (Å²) in [6, 6.07) is 7.33. The summed E-state index contributed by atoms with van der Waals surface area (Å²) in [6.07, 6.45) is 0.636. The van der Waals surface area contributed by atoms with E-state index in [0.29, 0.717) is 18.7 Å². The molecule has 2 aliphatic heterocycles. The summed E-state index contributed by atoms with van der Waals surface area (Å²) in [7, 11) is -3.01. The Morgan fingerprint density at radius 2 is 2.13 bits per heavy atom. The first-order chi connectivity index (χ1) is 10.9. The van der Waals surface area contributed by atoms with Crippen LogP contribution >= 0.6 is 11.8 Å². The average molecular weight is 354 g/mol. The molecule has 0 saturated carbocycles. The van der Waals surface area contributed by atoms with Gasteiger partial charge in [0.05, 0.1) is 22.9 Å². The van der Waals surface area contributed by atoms with Crippen molar-refractivity contribution in [1.82, 2.24) is 5.32 Å². The molecule has 124 valence electrons. The van der Waals surface area contributed by atoms with Crippen LogP contribution in [0.1, 0.15) is 12.8 Å². The van der Waals surface area contributed by atoms with Crippen LogP contribution in [0, 0.1) is 0 Å². The first kappa shape index (κ1) is 16.3. The van der Waals surface area contributed by atoms with E-state index in [1.807, 2.05) is 24.3 Å². The summed E-state index contributed by atoms with van der Waals surface area (Å²) in [5, 5.41) is 2.75. The van der Waals surface area contributed by atoms with Gasteiger partial charge in [-0.25, -0.2) is 8.42 Å². The molecule has 0 radical (unpaired) electrons. The molecule has 0 aliphatic carbocycles. The van der Waals surface area contributed by atoms with Gasteiger partial charge < -0.3 is 10.2 Å². The van der Waals surface area contributed by atoms with Crippen LogP contribution in [-0.4, -0.2) is 50.1 Å². The van der Waals surface area contributed by atoms with E-state index in [9.17, 15) is 18.0 Å². The third-order valence-electron chi connectivity index (χ3n) is 3.97. The number of carbonyl (C=O) groups excluding carboxylic acids is 2. The highest BCUT2D eigenvalue weighted by Crippen LogP contribution is 2.34. The molecule has 2 amide bonds. The zero-order chi connectivity index (χ0) is 16.4. The molecule has 1 atom stereocenters. The molecule has 2 aliphatic rings. The third-order valence-corrected chi connectivity index (χ3v) is 6.78. The molecule has 1 fully saturated rings. The lowest BCUT2D eigenvalue weighted by Crippen LogP contribution is -2.41. The maximum absolute atomic E-state index is 12.1. The Bertz CT molecular complexity index is 733. The number of thioether (sulfide) groups is 1. The van der Waals surface area contributed by atoms with Crippen molar-refractivity contribution < 1.29 is 18.0 Å². The first-order valence-corrected chi connectivity index (χ1v) is 10.3. The number of sulfone groups is 1. The first-order valence-electron chi connectivity index (χ1n) is 7.46. The number of nitrogens with zero attached hydrogens (tertiary/aromatic N) is 1. The minimum Gasteiger partial charge on any atom is -0.352 e. The maximum Gasteiger partial charge on any atom is 0.237 e. The molecule has 0 unspecified atom stereocenters. The number of hydrogen-bond donors (Lipinski definition) is 1. The number of anilines is 1. The van der Waals surface area contributed by atoms with Crippen molar-refractivity contribution in [3.05, 3.63) is 24.3 Å². The molecule has 0 aromatic heterocycles. The quantitative estimate of drug-likeness (QED) is 0.865. The second-order valence-corrected chi connectivity index (χ2v) is 8.97. The van der Waals surface area contributed by atoms with Crippen molar-refractivity contribution in [3.63, 3.8) is 0 Å². The number of fused-ring (bicyclic) bond motifs is 1. The van der Waals surface area contributed by atoms with Crippen LogP contribution in [0.3, 0.4) is 0 Å². The predicted molar refractivity (Wildman–Crippen MR) is 89.3 cm³/mol. The standard InChI is InChI=1S/C15H18N2O4S2/c18-14(16-11-6-8-23(20,21)10-11)5-7-17-12-3-1-2-4-13(12)22-9-15(17)19/h1-4,11H,5-10H2,(H,16,18)/t11-/m0/s1. The summed E-state index contributed by atoms with van der Waals surface area (Å²) >= 11 is 1.50. The highest BCUT2D eigenvalue weighted by molar-refractivity contribution is 8.00. The van der Waals surface area contributed by atoms with Gasteiger partial charge in [-0.1, -0.05) is 12.1 Å². The van der Waals surface area contributed by atoms with Crippen LogP contribution in [0.2, 0.25) is 0 Å². The van der Waals surface area contributed by atoms with Crippen LogP contribution in [0.4, 0.5) is 5.69 Å². The molecule has 1 saturated heterocycles. The van der Waals surface area contributed by atoms with Gasteiger partial charge in [0.25, 0.3) is 0 Å². The molecular weight excluding hydrogens is 336 g/mol. The van der Waals surface area contributed by atoms with Crippen LogP contribution in [0.15, 0.2) is 29.2 Å². The lowest BCUT2D eigenvalue weighted by Gasteiger charge is -2.28. The van der Waals surface area contributed by atoms with Crippen molar-refractivity contribution in [3.8, 4) is 0 Å². The highest BCUT2D eigenvalue weighted by atomic mass is 32.2. The Labute approximate surface area is 139 Å². The number of nitrogens with one attached hydrogen (secondary N) is 1. The van der Waals surface area contributed by atoms with E-state index in [1.165, 1.54) is 11.8 Å². The van der Waals surface area contributed by atoms with Crippen molar-refractivity contribution in [2.75, 3.05) is 28.7 Å². The predicted octanol–water partition coefficient (Wildman–Crippen LogP) is 0.819. The fraction of sp³-hybridized carbons (Fsp3) is 0.467. The van der Waals surface area contributed by atoms with Crippen molar-refractivity contribution in [1.29, 1.82) is 0 Å². The average Bonchev–Trinajstić information content (AvgIpc) is 2.85. The van der Waals surface area contributed by atoms with Crippen molar-refractivity contribution >= 4 is 39.1 Å². The molecule has 1 N–H and O–H groups in total. The van der Waals surface area contributed by atoms with Gasteiger partial charge in [0.15, 0.2) is 9.84 Å². The van der Waals surface area contributed by atoms with Gasteiger partial charge in [-0.2, -0.15) is 0 Å². The van der Waals surface area contributed by atoms with Crippen molar-refractivity contribution in [2.45, 2.75) is 23.8 Å². The van der Waals surface area contributed by atoms with E-state index in [0.717, 1.165) is 10.6 Å². The van der Waals surface area contributed by atoms with E-state index in [4.69, 9.17) is 0 Å².